The summed E-state index contributed by atoms with van der Waals surface area (Å²) in [6.07, 6.45) is 1.65. The quantitative estimate of drug-likeness (QED) is 0.728. The van der Waals surface area contributed by atoms with Gasteiger partial charge in [0.15, 0.2) is 0 Å². The molecule has 0 amide bonds. The zero-order chi connectivity index (χ0) is 9.97. The number of aryl methyl sites for hydroxylation is 1. The minimum atomic E-state index is 0.850. The van der Waals surface area contributed by atoms with Gasteiger partial charge in [0.25, 0.3) is 0 Å². The molecule has 0 bridgehead atoms. The van der Waals surface area contributed by atoms with E-state index < -0.39 is 0 Å². The Morgan fingerprint density at radius 2 is 1.93 bits per heavy atom. The van der Waals surface area contributed by atoms with Gasteiger partial charge >= 0.3 is 0 Å². The van der Waals surface area contributed by atoms with Crippen molar-refractivity contribution in [2.75, 3.05) is 7.11 Å². The largest absolute Gasteiger partial charge is 0.497 e. The van der Waals surface area contributed by atoms with Crippen LogP contribution in [0.3, 0.4) is 0 Å². The van der Waals surface area contributed by atoms with Crippen LogP contribution in [0.2, 0.25) is 0 Å². The van der Waals surface area contributed by atoms with E-state index in [2.05, 4.69) is 5.16 Å². The summed E-state index contributed by atoms with van der Waals surface area (Å²) in [5, 5.41) is 3.83. The van der Waals surface area contributed by atoms with Crippen molar-refractivity contribution in [1.82, 2.24) is 5.16 Å². The Morgan fingerprint density at radius 3 is 2.43 bits per heavy atom. The van der Waals surface area contributed by atoms with E-state index in [0.29, 0.717) is 0 Å². The van der Waals surface area contributed by atoms with Crippen LogP contribution < -0.4 is 4.74 Å². The second kappa shape index (κ2) is 3.54. The van der Waals surface area contributed by atoms with E-state index >= 15 is 0 Å². The fourth-order valence-electron chi connectivity index (χ4n) is 1.34. The zero-order valence-electron chi connectivity index (χ0n) is 8.15. The van der Waals surface area contributed by atoms with E-state index in [9.17, 15) is 0 Å². The summed E-state index contributed by atoms with van der Waals surface area (Å²) in [5.74, 6) is 0.850. The van der Waals surface area contributed by atoms with Crippen LogP contribution in [0, 0.1) is 6.92 Å². The van der Waals surface area contributed by atoms with E-state index in [1.165, 1.54) is 0 Å². The average Bonchev–Trinajstić information content (AvgIpc) is 2.65. The van der Waals surface area contributed by atoms with Crippen LogP contribution in [0.5, 0.6) is 5.75 Å². The highest BCUT2D eigenvalue weighted by Crippen LogP contribution is 2.24. The van der Waals surface area contributed by atoms with Gasteiger partial charge in [-0.3, -0.25) is 0 Å². The van der Waals surface area contributed by atoms with Crippen LogP contribution in [0.25, 0.3) is 11.1 Å². The van der Waals surface area contributed by atoms with Crippen molar-refractivity contribution >= 4 is 0 Å². The normalized spacial score (nSPS) is 10.1. The van der Waals surface area contributed by atoms with E-state index in [-0.39, 0.29) is 0 Å². The molecule has 14 heavy (non-hydrogen) atoms. The molecule has 0 aliphatic rings. The molecule has 0 saturated heterocycles. The lowest BCUT2D eigenvalue weighted by Gasteiger charge is -2.00. The molecule has 3 nitrogen and oxygen atoms in total. The number of hydrogen-bond acceptors (Lipinski definition) is 3. The zero-order valence-corrected chi connectivity index (χ0v) is 8.15. The molecule has 2 rings (SSSR count). The number of nitrogens with zero attached hydrogens (tertiary/aromatic N) is 1. The van der Waals surface area contributed by atoms with Crippen molar-refractivity contribution in [2.24, 2.45) is 0 Å². The maximum absolute atomic E-state index is 5.08. The number of benzene rings is 1. The number of aromatic nitrogens is 1. The minimum Gasteiger partial charge on any atom is -0.497 e. The molecule has 0 atom stereocenters. The summed E-state index contributed by atoms with van der Waals surface area (Å²) < 4.78 is 9.95. The van der Waals surface area contributed by atoms with Crippen molar-refractivity contribution in [3.8, 4) is 16.9 Å². The molecule has 0 aliphatic heterocycles. The van der Waals surface area contributed by atoms with Gasteiger partial charge in [-0.15, -0.1) is 0 Å². The monoisotopic (exact) mass is 189 g/mol. The smallest absolute Gasteiger partial charge is 0.131 e. The van der Waals surface area contributed by atoms with E-state index in [4.69, 9.17) is 9.26 Å². The second-order valence-electron chi connectivity index (χ2n) is 3.04. The molecular formula is C11H11NO2. The fourth-order valence-corrected chi connectivity index (χ4v) is 1.34. The van der Waals surface area contributed by atoms with Gasteiger partial charge in [-0.1, -0.05) is 17.3 Å². The molecule has 0 saturated carbocycles. The van der Waals surface area contributed by atoms with Gasteiger partial charge in [-0.25, -0.2) is 0 Å². The highest BCUT2D eigenvalue weighted by Gasteiger charge is 2.05. The van der Waals surface area contributed by atoms with Gasteiger partial charge in [0.2, 0.25) is 0 Å². The molecule has 72 valence electrons. The molecule has 0 radical (unpaired) electrons. The molecule has 0 aliphatic carbocycles. The summed E-state index contributed by atoms with van der Waals surface area (Å²) >= 11 is 0. The molecule has 2 aromatic rings. The van der Waals surface area contributed by atoms with Crippen LogP contribution in [0.15, 0.2) is 35.1 Å². The first kappa shape index (κ1) is 8.81. The lowest BCUT2D eigenvalue weighted by molar-refractivity contribution is 0.414. The standard InChI is InChI=1S/C11H11NO2/c1-8-11(7-14-12-8)9-3-5-10(13-2)6-4-9/h3-7H,1-2H3. The summed E-state index contributed by atoms with van der Waals surface area (Å²) in [7, 11) is 1.65. The molecule has 3 heteroatoms. The van der Waals surface area contributed by atoms with Crippen LogP contribution in [-0.4, -0.2) is 12.3 Å². The van der Waals surface area contributed by atoms with E-state index in [0.717, 1.165) is 22.6 Å². The predicted molar refractivity (Wildman–Crippen MR) is 53.2 cm³/mol. The van der Waals surface area contributed by atoms with Crippen molar-refractivity contribution in [3.63, 3.8) is 0 Å². The first-order chi connectivity index (χ1) is 6.81. The number of hydrogen-bond donors (Lipinski definition) is 0. The van der Waals surface area contributed by atoms with Crippen molar-refractivity contribution < 1.29 is 9.26 Å². The van der Waals surface area contributed by atoms with Gasteiger partial charge in [0, 0.05) is 5.56 Å². The SMILES string of the molecule is COc1ccc(-c2conc2C)cc1. The van der Waals surface area contributed by atoms with Crippen molar-refractivity contribution in [3.05, 3.63) is 36.2 Å². The molecule has 0 fully saturated rings. The highest BCUT2D eigenvalue weighted by molar-refractivity contribution is 5.64. The molecule has 0 N–H and O–H groups in total. The van der Waals surface area contributed by atoms with Crippen LogP contribution in [0.1, 0.15) is 5.69 Å². The number of rotatable bonds is 2. The van der Waals surface area contributed by atoms with Crippen LogP contribution >= 0.6 is 0 Å². The Hall–Kier alpha value is -1.77. The Kier molecular flexibility index (Phi) is 2.23. The first-order valence-corrected chi connectivity index (χ1v) is 4.36. The Morgan fingerprint density at radius 1 is 1.21 bits per heavy atom. The van der Waals surface area contributed by atoms with Gasteiger partial charge < -0.3 is 9.26 Å². The highest BCUT2D eigenvalue weighted by atomic mass is 16.5. The van der Waals surface area contributed by atoms with E-state index in [1.54, 1.807) is 13.4 Å². The van der Waals surface area contributed by atoms with Crippen molar-refractivity contribution in [2.45, 2.75) is 6.92 Å². The molecule has 0 unspecified atom stereocenters. The van der Waals surface area contributed by atoms with Crippen LogP contribution in [-0.2, 0) is 0 Å². The summed E-state index contributed by atoms with van der Waals surface area (Å²) in [4.78, 5) is 0. The number of methoxy groups -OCH3 is 1. The lowest BCUT2D eigenvalue weighted by atomic mass is 10.1. The first-order valence-electron chi connectivity index (χ1n) is 4.36. The summed E-state index contributed by atoms with van der Waals surface area (Å²) in [6.45, 7) is 1.92. The maximum Gasteiger partial charge on any atom is 0.131 e. The van der Waals surface area contributed by atoms with E-state index in [1.807, 2.05) is 31.2 Å². The van der Waals surface area contributed by atoms with Crippen LogP contribution in [0.4, 0.5) is 0 Å². The van der Waals surface area contributed by atoms with Gasteiger partial charge in [0.1, 0.15) is 12.0 Å². The predicted octanol–water partition coefficient (Wildman–Crippen LogP) is 2.66. The summed E-state index contributed by atoms with van der Waals surface area (Å²) in [5.41, 5.74) is 3.01. The third-order valence-corrected chi connectivity index (χ3v) is 2.15. The van der Waals surface area contributed by atoms with Gasteiger partial charge in [0.05, 0.1) is 12.8 Å². The Bertz CT molecular complexity index is 417. The molecule has 1 aromatic carbocycles. The number of ether oxygens (including phenoxy) is 1. The molecular weight excluding hydrogens is 178 g/mol. The minimum absolute atomic E-state index is 0.850. The van der Waals surface area contributed by atoms with Gasteiger partial charge in [-0.2, -0.15) is 0 Å². The Labute approximate surface area is 82.3 Å². The average molecular weight is 189 g/mol. The maximum atomic E-state index is 5.08. The molecule has 1 aromatic heterocycles. The fraction of sp³-hybridized carbons (Fsp3) is 0.182. The third kappa shape index (κ3) is 1.48. The molecule has 1 heterocycles. The topological polar surface area (TPSA) is 35.3 Å². The lowest BCUT2D eigenvalue weighted by Crippen LogP contribution is -1.83. The second-order valence-corrected chi connectivity index (χ2v) is 3.04. The summed E-state index contributed by atoms with van der Waals surface area (Å²) in [6, 6.07) is 7.81. The van der Waals surface area contributed by atoms with Crippen molar-refractivity contribution in [1.29, 1.82) is 0 Å². The Balaban J connectivity index is 2.39. The van der Waals surface area contributed by atoms with Gasteiger partial charge in [-0.05, 0) is 24.6 Å². The molecule has 0 spiro atoms. The third-order valence-electron chi connectivity index (χ3n) is 2.15.